The predicted molar refractivity (Wildman–Crippen MR) is 93.5 cm³/mol. The van der Waals surface area contributed by atoms with Crippen LogP contribution in [0.25, 0.3) is 0 Å². The monoisotopic (exact) mass is 376 g/mol. The van der Waals surface area contributed by atoms with E-state index in [4.69, 9.17) is 18.9 Å². The van der Waals surface area contributed by atoms with E-state index >= 15 is 0 Å². The topological polar surface area (TPSA) is 97.9 Å². The van der Waals surface area contributed by atoms with Crippen LogP contribution in [-0.4, -0.2) is 59.8 Å². The standard InChI is InChI=1S/C20H24O7/c1-5-9(2)18(22)25-13-7-20(4)17(27-20)16-15(26-16)11(8-21)6-12-14(13)10(3)19(23)24-12/h5-6,12-17,21H,3,7-8H2,1-2,4H3/b9-5-,11-6-/t12-,13-,14+,15+,16+,17-,20-/m1/s1. The molecule has 3 heterocycles. The van der Waals surface area contributed by atoms with Crippen molar-refractivity contribution in [3.8, 4) is 0 Å². The van der Waals surface area contributed by atoms with Gasteiger partial charge in [-0.15, -0.1) is 0 Å². The SMILES string of the molecule is C=C1C(=O)O[C@@H]2/C=C(/CO)[C@@H]3O[C@@H]3[C@H]3O[C@]3(C)C[C@@H](OC(=O)/C(C)=C\C)[C@@H]12. The predicted octanol–water partition coefficient (Wildman–Crippen LogP) is 1.21. The Morgan fingerprint density at radius 3 is 2.93 bits per heavy atom. The van der Waals surface area contributed by atoms with Gasteiger partial charge < -0.3 is 24.1 Å². The molecule has 0 amide bonds. The van der Waals surface area contributed by atoms with Crippen molar-refractivity contribution in [2.75, 3.05) is 6.61 Å². The summed E-state index contributed by atoms with van der Waals surface area (Å²) in [6.07, 6.45) is 1.97. The minimum Gasteiger partial charge on any atom is -0.458 e. The summed E-state index contributed by atoms with van der Waals surface area (Å²) < 4.78 is 22.8. The molecule has 7 nitrogen and oxygen atoms in total. The maximum Gasteiger partial charge on any atom is 0.334 e. The highest BCUT2D eigenvalue weighted by Gasteiger charge is 2.67. The van der Waals surface area contributed by atoms with Gasteiger partial charge in [0.15, 0.2) is 0 Å². The van der Waals surface area contributed by atoms with Crippen molar-refractivity contribution >= 4 is 11.9 Å². The molecule has 0 radical (unpaired) electrons. The normalized spacial score (nSPS) is 44.9. The number of ether oxygens (including phenoxy) is 4. The van der Waals surface area contributed by atoms with Crippen LogP contribution in [0.4, 0.5) is 0 Å². The van der Waals surface area contributed by atoms with E-state index in [1.165, 1.54) is 0 Å². The van der Waals surface area contributed by atoms with E-state index in [2.05, 4.69) is 6.58 Å². The second-order valence-corrected chi connectivity index (χ2v) is 7.81. The Hall–Kier alpha value is -1.96. The van der Waals surface area contributed by atoms with Crippen molar-refractivity contribution in [3.63, 3.8) is 0 Å². The highest BCUT2D eigenvalue weighted by Crippen LogP contribution is 2.53. The number of aliphatic hydroxyl groups is 1. The summed E-state index contributed by atoms with van der Waals surface area (Å²) in [5, 5.41) is 9.75. The smallest absolute Gasteiger partial charge is 0.334 e. The molecular weight excluding hydrogens is 352 g/mol. The molecular formula is C20H24O7. The maximum absolute atomic E-state index is 12.4. The molecule has 0 bridgehead atoms. The molecule has 0 aromatic carbocycles. The third-order valence-corrected chi connectivity index (χ3v) is 5.97. The Labute approximate surface area is 157 Å². The van der Waals surface area contributed by atoms with Crippen LogP contribution < -0.4 is 0 Å². The van der Waals surface area contributed by atoms with Crippen molar-refractivity contribution < 1.29 is 33.6 Å². The first kappa shape index (κ1) is 18.4. The quantitative estimate of drug-likeness (QED) is 0.342. The van der Waals surface area contributed by atoms with Crippen molar-refractivity contribution in [1.29, 1.82) is 0 Å². The third kappa shape index (κ3) is 3.03. The number of aliphatic hydroxyl groups excluding tert-OH is 1. The van der Waals surface area contributed by atoms with Gasteiger partial charge in [0, 0.05) is 17.6 Å². The fourth-order valence-electron chi connectivity index (χ4n) is 4.11. The number of epoxide rings is 2. The summed E-state index contributed by atoms with van der Waals surface area (Å²) in [5.41, 5.74) is 0.865. The molecule has 3 fully saturated rings. The molecule has 1 N–H and O–H groups in total. The van der Waals surface area contributed by atoms with E-state index in [9.17, 15) is 14.7 Å². The van der Waals surface area contributed by atoms with Gasteiger partial charge in [0.1, 0.15) is 30.5 Å². The lowest BCUT2D eigenvalue weighted by Gasteiger charge is -2.28. The number of rotatable bonds is 3. The molecule has 0 aromatic heterocycles. The number of allylic oxidation sites excluding steroid dienone is 1. The van der Waals surface area contributed by atoms with Gasteiger partial charge in [0.25, 0.3) is 0 Å². The lowest BCUT2D eigenvalue weighted by atomic mass is 9.82. The molecule has 7 heteroatoms. The Morgan fingerprint density at radius 2 is 2.26 bits per heavy atom. The van der Waals surface area contributed by atoms with E-state index in [1.54, 1.807) is 26.0 Å². The van der Waals surface area contributed by atoms with Crippen LogP contribution in [0.15, 0.2) is 35.5 Å². The highest BCUT2D eigenvalue weighted by atomic mass is 16.7. The zero-order chi connectivity index (χ0) is 19.5. The van der Waals surface area contributed by atoms with Gasteiger partial charge in [0.05, 0.1) is 18.1 Å². The number of carbonyl (C=O) groups excluding carboxylic acids is 2. The maximum atomic E-state index is 12.4. The number of hydrogen-bond acceptors (Lipinski definition) is 7. The van der Waals surface area contributed by atoms with Crippen molar-refractivity contribution in [2.24, 2.45) is 5.92 Å². The first-order chi connectivity index (χ1) is 12.8. The van der Waals surface area contributed by atoms with Gasteiger partial charge in [-0.1, -0.05) is 12.7 Å². The molecule has 0 unspecified atom stereocenters. The Kier molecular flexibility index (Phi) is 4.29. The van der Waals surface area contributed by atoms with Crippen LogP contribution in [0.3, 0.4) is 0 Å². The zero-order valence-corrected chi connectivity index (χ0v) is 15.6. The molecule has 27 heavy (non-hydrogen) atoms. The van der Waals surface area contributed by atoms with Crippen LogP contribution in [0.5, 0.6) is 0 Å². The number of esters is 2. The second-order valence-electron chi connectivity index (χ2n) is 7.81. The van der Waals surface area contributed by atoms with Crippen LogP contribution in [0.1, 0.15) is 27.2 Å². The van der Waals surface area contributed by atoms with Gasteiger partial charge in [-0.05, 0) is 32.4 Å². The lowest BCUT2D eigenvalue weighted by molar-refractivity contribution is -0.148. The molecule has 146 valence electrons. The molecule has 0 aromatic rings. The van der Waals surface area contributed by atoms with Crippen LogP contribution >= 0.6 is 0 Å². The molecule has 4 rings (SSSR count). The summed E-state index contributed by atoms with van der Waals surface area (Å²) >= 11 is 0. The third-order valence-electron chi connectivity index (χ3n) is 5.97. The number of carbonyl (C=O) groups is 2. The van der Waals surface area contributed by atoms with Gasteiger partial charge in [-0.2, -0.15) is 0 Å². The largest absolute Gasteiger partial charge is 0.458 e. The average Bonchev–Trinajstić information content (AvgIpc) is 3.51. The van der Waals surface area contributed by atoms with Gasteiger partial charge in [-0.3, -0.25) is 0 Å². The molecule has 3 saturated heterocycles. The molecule has 3 aliphatic heterocycles. The summed E-state index contributed by atoms with van der Waals surface area (Å²) in [6, 6.07) is 0. The van der Waals surface area contributed by atoms with Crippen molar-refractivity contribution in [2.45, 2.75) is 63.3 Å². The highest BCUT2D eigenvalue weighted by molar-refractivity contribution is 5.92. The van der Waals surface area contributed by atoms with E-state index < -0.39 is 35.7 Å². The fourth-order valence-corrected chi connectivity index (χ4v) is 4.11. The Balaban J connectivity index is 1.71. The van der Waals surface area contributed by atoms with Crippen LogP contribution in [0.2, 0.25) is 0 Å². The van der Waals surface area contributed by atoms with E-state index in [0.29, 0.717) is 17.6 Å². The van der Waals surface area contributed by atoms with Crippen LogP contribution in [0, 0.1) is 5.92 Å². The molecule has 0 spiro atoms. The average molecular weight is 376 g/mol. The summed E-state index contributed by atoms with van der Waals surface area (Å²) in [7, 11) is 0. The first-order valence-corrected chi connectivity index (χ1v) is 9.17. The van der Waals surface area contributed by atoms with E-state index in [1.807, 2.05) is 6.92 Å². The minimum absolute atomic E-state index is 0.135. The van der Waals surface area contributed by atoms with Crippen LogP contribution in [-0.2, 0) is 28.5 Å². The van der Waals surface area contributed by atoms with Crippen molar-refractivity contribution in [1.82, 2.24) is 0 Å². The first-order valence-electron chi connectivity index (χ1n) is 9.17. The molecule has 0 saturated carbocycles. The second kappa shape index (κ2) is 6.29. The zero-order valence-electron chi connectivity index (χ0n) is 15.6. The van der Waals surface area contributed by atoms with Crippen molar-refractivity contribution in [3.05, 3.63) is 35.5 Å². The summed E-state index contributed by atoms with van der Waals surface area (Å²) in [5.74, 6) is -1.50. The van der Waals surface area contributed by atoms with E-state index in [-0.39, 0.29) is 30.5 Å². The Morgan fingerprint density at radius 1 is 1.52 bits per heavy atom. The fraction of sp³-hybridized carbons (Fsp3) is 0.600. The summed E-state index contributed by atoms with van der Waals surface area (Å²) in [4.78, 5) is 24.6. The molecule has 7 atom stereocenters. The van der Waals surface area contributed by atoms with Gasteiger partial charge >= 0.3 is 11.9 Å². The number of hydrogen-bond donors (Lipinski definition) is 1. The summed E-state index contributed by atoms with van der Waals surface area (Å²) in [6.45, 7) is 9.04. The lowest BCUT2D eigenvalue weighted by Crippen LogP contribution is -2.38. The van der Waals surface area contributed by atoms with Gasteiger partial charge in [-0.25, -0.2) is 9.59 Å². The molecule has 4 aliphatic rings. The Bertz CT molecular complexity index is 766. The molecule has 1 aliphatic carbocycles. The van der Waals surface area contributed by atoms with E-state index in [0.717, 1.165) is 0 Å². The van der Waals surface area contributed by atoms with Gasteiger partial charge in [0.2, 0.25) is 0 Å². The minimum atomic E-state index is -0.667. The number of fused-ring (bicyclic) bond motifs is 4.